The second-order valence-electron chi connectivity index (χ2n) is 5.51. The zero-order valence-corrected chi connectivity index (χ0v) is 14.2. The van der Waals surface area contributed by atoms with Crippen molar-refractivity contribution in [2.75, 3.05) is 5.32 Å². The van der Waals surface area contributed by atoms with Crippen molar-refractivity contribution < 1.29 is 4.79 Å². The van der Waals surface area contributed by atoms with Crippen LogP contribution in [0, 0.1) is 0 Å². The van der Waals surface area contributed by atoms with Gasteiger partial charge in [-0.3, -0.25) is 9.78 Å². The van der Waals surface area contributed by atoms with Crippen LogP contribution in [0.4, 0.5) is 5.69 Å². The van der Waals surface area contributed by atoms with E-state index in [0.29, 0.717) is 17.1 Å². The van der Waals surface area contributed by atoms with Crippen molar-refractivity contribution in [3.8, 4) is 0 Å². The smallest absolute Gasteiger partial charge is 0.258 e. The van der Waals surface area contributed by atoms with Crippen LogP contribution in [-0.2, 0) is 6.54 Å². The van der Waals surface area contributed by atoms with E-state index in [4.69, 9.17) is 11.6 Å². The Kier molecular flexibility index (Phi) is 3.96. The Hall–Kier alpha value is -2.37. The third kappa shape index (κ3) is 2.77. The molecule has 0 aliphatic carbocycles. The summed E-state index contributed by atoms with van der Waals surface area (Å²) >= 11 is 7.71. The molecule has 0 saturated heterocycles. The van der Waals surface area contributed by atoms with E-state index >= 15 is 0 Å². The molecule has 1 atom stereocenters. The van der Waals surface area contributed by atoms with E-state index in [-0.39, 0.29) is 12.1 Å². The van der Waals surface area contributed by atoms with Gasteiger partial charge in [-0.25, -0.2) is 0 Å². The Morgan fingerprint density at radius 2 is 2.12 bits per heavy atom. The van der Waals surface area contributed by atoms with Crippen LogP contribution in [0.2, 0.25) is 5.02 Å². The highest BCUT2D eigenvalue weighted by Gasteiger charge is 2.38. The number of carbonyl (C=O) groups excluding carboxylic acids is 1. The number of pyridine rings is 1. The number of nitrogens with zero attached hydrogens (tertiary/aromatic N) is 2. The lowest BCUT2D eigenvalue weighted by Crippen LogP contribution is -2.31. The Morgan fingerprint density at radius 1 is 1.21 bits per heavy atom. The molecular formula is C18H14ClN3OS. The van der Waals surface area contributed by atoms with Crippen LogP contribution >= 0.6 is 22.9 Å². The van der Waals surface area contributed by atoms with Gasteiger partial charge in [0, 0.05) is 21.8 Å². The van der Waals surface area contributed by atoms with Gasteiger partial charge >= 0.3 is 0 Å². The predicted octanol–water partition coefficient (Wildman–Crippen LogP) is 4.56. The van der Waals surface area contributed by atoms with Gasteiger partial charge in [0.15, 0.2) is 0 Å². The molecule has 4 rings (SSSR count). The van der Waals surface area contributed by atoms with Crippen molar-refractivity contribution in [3.05, 3.63) is 81.3 Å². The van der Waals surface area contributed by atoms with Crippen LogP contribution < -0.4 is 5.32 Å². The number of benzene rings is 1. The minimum atomic E-state index is -0.311. The maximum Gasteiger partial charge on any atom is 0.258 e. The second kappa shape index (κ2) is 6.26. The quantitative estimate of drug-likeness (QED) is 0.746. The number of rotatable bonds is 4. The molecule has 3 heterocycles. The first-order chi connectivity index (χ1) is 11.7. The Morgan fingerprint density at radius 3 is 2.92 bits per heavy atom. The summed E-state index contributed by atoms with van der Waals surface area (Å²) in [7, 11) is 0. The van der Waals surface area contributed by atoms with Crippen molar-refractivity contribution in [1.29, 1.82) is 0 Å². The standard InChI is InChI=1S/C18H14ClN3OS/c19-12-4-1-5-13(10-12)21-17-16-15(7-2-8-20-16)18(23)22(17)11-14-6-3-9-24-14/h1-10,17,21H,11H2/t17-/m1/s1. The van der Waals surface area contributed by atoms with E-state index in [2.05, 4.69) is 10.3 Å². The molecule has 0 bridgehead atoms. The number of aromatic nitrogens is 1. The number of anilines is 1. The largest absolute Gasteiger partial charge is 0.360 e. The van der Waals surface area contributed by atoms with E-state index < -0.39 is 0 Å². The first-order valence-electron chi connectivity index (χ1n) is 7.53. The zero-order chi connectivity index (χ0) is 16.5. The number of thiophene rings is 1. The fraction of sp³-hybridized carbons (Fsp3) is 0.111. The highest BCUT2D eigenvalue weighted by molar-refractivity contribution is 7.09. The molecule has 0 fully saturated rings. The summed E-state index contributed by atoms with van der Waals surface area (Å²) in [5.74, 6) is -0.00831. The van der Waals surface area contributed by atoms with Crippen LogP contribution in [0.1, 0.15) is 27.1 Å². The minimum absolute atomic E-state index is 0.00831. The first-order valence-corrected chi connectivity index (χ1v) is 8.78. The van der Waals surface area contributed by atoms with Crippen molar-refractivity contribution >= 4 is 34.5 Å². The van der Waals surface area contributed by atoms with Gasteiger partial charge in [0.2, 0.25) is 0 Å². The molecule has 1 aromatic carbocycles. The molecule has 0 spiro atoms. The van der Waals surface area contributed by atoms with Crippen LogP contribution in [0.3, 0.4) is 0 Å². The van der Waals surface area contributed by atoms with Gasteiger partial charge < -0.3 is 10.2 Å². The average molecular weight is 356 g/mol. The van der Waals surface area contributed by atoms with Gasteiger partial charge in [-0.1, -0.05) is 23.7 Å². The number of hydrogen-bond acceptors (Lipinski definition) is 4. The van der Waals surface area contributed by atoms with Crippen molar-refractivity contribution in [3.63, 3.8) is 0 Å². The molecule has 0 unspecified atom stereocenters. The number of halogens is 1. The van der Waals surface area contributed by atoms with Crippen LogP contribution in [-0.4, -0.2) is 15.8 Å². The van der Waals surface area contributed by atoms with Gasteiger partial charge in [-0.05, 0) is 41.8 Å². The summed E-state index contributed by atoms with van der Waals surface area (Å²) in [6, 6.07) is 15.1. The number of carbonyl (C=O) groups is 1. The third-order valence-electron chi connectivity index (χ3n) is 3.93. The number of fused-ring (bicyclic) bond motifs is 1. The molecule has 1 aliphatic rings. The predicted molar refractivity (Wildman–Crippen MR) is 96.2 cm³/mol. The van der Waals surface area contributed by atoms with Crippen LogP contribution in [0.25, 0.3) is 0 Å². The van der Waals surface area contributed by atoms with Gasteiger partial charge in [-0.15, -0.1) is 11.3 Å². The highest BCUT2D eigenvalue weighted by Crippen LogP contribution is 2.35. The van der Waals surface area contributed by atoms with Crippen molar-refractivity contribution in [1.82, 2.24) is 9.88 Å². The van der Waals surface area contributed by atoms with Gasteiger partial charge in [0.25, 0.3) is 5.91 Å². The fourth-order valence-electron chi connectivity index (χ4n) is 2.85. The van der Waals surface area contributed by atoms with E-state index in [1.807, 2.05) is 52.7 Å². The fourth-order valence-corrected chi connectivity index (χ4v) is 3.74. The summed E-state index contributed by atoms with van der Waals surface area (Å²) in [4.78, 5) is 20.2. The maximum absolute atomic E-state index is 12.8. The Labute approximate surface area is 148 Å². The second-order valence-corrected chi connectivity index (χ2v) is 6.97. The van der Waals surface area contributed by atoms with Crippen LogP contribution in [0.5, 0.6) is 0 Å². The molecule has 6 heteroatoms. The van der Waals surface area contributed by atoms with Crippen molar-refractivity contribution in [2.45, 2.75) is 12.7 Å². The molecule has 120 valence electrons. The summed E-state index contributed by atoms with van der Waals surface area (Å²) in [5, 5.41) is 6.06. The summed E-state index contributed by atoms with van der Waals surface area (Å²) in [5.41, 5.74) is 2.25. The van der Waals surface area contributed by atoms with E-state index in [1.54, 1.807) is 23.6 Å². The van der Waals surface area contributed by atoms with Gasteiger partial charge in [0.1, 0.15) is 6.17 Å². The third-order valence-corrected chi connectivity index (χ3v) is 5.03. The maximum atomic E-state index is 12.8. The lowest BCUT2D eigenvalue weighted by molar-refractivity contribution is 0.0729. The molecule has 3 aromatic rings. The summed E-state index contributed by atoms with van der Waals surface area (Å²) in [6.07, 6.45) is 1.40. The lowest BCUT2D eigenvalue weighted by atomic mass is 10.2. The normalized spacial score (nSPS) is 16.3. The van der Waals surface area contributed by atoms with E-state index in [1.165, 1.54) is 0 Å². The molecule has 0 saturated carbocycles. The Bertz CT molecular complexity index is 881. The summed E-state index contributed by atoms with van der Waals surface area (Å²) in [6.45, 7) is 0.547. The summed E-state index contributed by atoms with van der Waals surface area (Å²) < 4.78 is 0. The van der Waals surface area contributed by atoms with Gasteiger partial charge in [-0.2, -0.15) is 0 Å². The van der Waals surface area contributed by atoms with Crippen LogP contribution in [0.15, 0.2) is 60.1 Å². The molecule has 1 aliphatic heterocycles. The number of amides is 1. The first kappa shape index (κ1) is 15.2. The van der Waals surface area contributed by atoms with E-state index in [0.717, 1.165) is 16.3 Å². The van der Waals surface area contributed by atoms with Gasteiger partial charge in [0.05, 0.1) is 17.8 Å². The monoisotopic (exact) mass is 355 g/mol. The molecule has 2 aromatic heterocycles. The van der Waals surface area contributed by atoms with E-state index in [9.17, 15) is 4.79 Å². The minimum Gasteiger partial charge on any atom is -0.360 e. The molecule has 1 amide bonds. The highest BCUT2D eigenvalue weighted by atomic mass is 35.5. The Balaban J connectivity index is 1.70. The molecule has 4 nitrogen and oxygen atoms in total. The molecule has 1 N–H and O–H groups in total. The zero-order valence-electron chi connectivity index (χ0n) is 12.6. The average Bonchev–Trinajstić information content (AvgIpc) is 3.18. The van der Waals surface area contributed by atoms with Crippen molar-refractivity contribution in [2.24, 2.45) is 0 Å². The topological polar surface area (TPSA) is 45.2 Å². The number of hydrogen-bond donors (Lipinski definition) is 1. The number of nitrogens with one attached hydrogen (secondary N) is 1. The molecular weight excluding hydrogens is 342 g/mol. The SMILES string of the molecule is O=C1c2cccnc2[C@H](Nc2cccc(Cl)c2)N1Cc1cccs1. The molecule has 24 heavy (non-hydrogen) atoms. The lowest BCUT2D eigenvalue weighted by Gasteiger charge is -2.26. The molecule has 0 radical (unpaired) electrons.